The van der Waals surface area contributed by atoms with Crippen molar-refractivity contribution in [3.63, 3.8) is 0 Å². The van der Waals surface area contributed by atoms with Crippen LogP contribution < -0.4 is 0 Å². The Balaban J connectivity index is 2.36. The lowest BCUT2D eigenvalue weighted by Crippen LogP contribution is -1.94. The molecule has 1 heteroatoms. The SMILES string of the molecule is CC(C)Cc1ccc(CCCCC=O)cc1. The molecule has 0 aromatic heterocycles. The second kappa shape index (κ2) is 7.21. The van der Waals surface area contributed by atoms with E-state index in [-0.39, 0.29) is 0 Å². The van der Waals surface area contributed by atoms with Crippen molar-refractivity contribution in [2.75, 3.05) is 0 Å². The second-order valence-electron chi connectivity index (χ2n) is 4.83. The van der Waals surface area contributed by atoms with Crippen molar-refractivity contribution >= 4 is 6.29 Å². The molecule has 1 aromatic rings. The summed E-state index contributed by atoms with van der Waals surface area (Å²) in [5, 5.41) is 0. The number of unbranched alkanes of at least 4 members (excludes halogenated alkanes) is 2. The van der Waals surface area contributed by atoms with E-state index in [4.69, 9.17) is 0 Å². The molecule has 0 aliphatic carbocycles. The third-order valence-corrected chi connectivity index (χ3v) is 2.70. The summed E-state index contributed by atoms with van der Waals surface area (Å²) in [6, 6.07) is 8.90. The van der Waals surface area contributed by atoms with Gasteiger partial charge in [0.1, 0.15) is 6.29 Å². The Bertz CT molecular complexity index is 298. The minimum Gasteiger partial charge on any atom is -0.303 e. The molecule has 88 valence electrons. The number of carbonyl (C=O) groups is 1. The third kappa shape index (κ3) is 5.11. The standard InChI is InChI=1S/C15H22O/c1-13(2)12-15-9-7-14(8-10-15)6-4-3-5-11-16/h7-11,13H,3-6,12H2,1-2H3. The summed E-state index contributed by atoms with van der Waals surface area (Å²) >= 11 is 0. The number of aryl methyl sites for hydroxylation is 1. The van der Waals surface area contributed by atoms with Gasteiger partial charge in [-0.1, -0.05) is 38.1 Å². The smallest absolute Gasteiger partial charge is 0.119 e. The molecule has 0 aliphatic heterocycles. The van der Waals surface area contributed by atoms with Crippen LogP contribution in [0.25, 0.3) is 0 Å². The molecular formula is C15H22O. The van der Waals surface area contributed by atoms with E-state index in [2.05, 4.69) is 38.1 Å². The maximum Gasteiger partial charge on any atom is 0.119 e. The highest BCUT2D eigenvalue weighted by molar-refractivity contribution is 5.48. The van der Waals surface area contributed by atoms with Crippen LogP contribution >= 0.6 is 0 Å². The molecule has 0 spiro atoms. The summed E-state index contributed by atoms with van der Waals surface area (Å²) in [5.41, 5.74) is 2.81. The highest BCUT2D eigenvalue weighted by atomic mass is 16.1. The van der Waals surface area contributed by atoms with Crippen LogP contribution in [0.15, 0.2) is 24.3 Å². The molecule has 1 aromatic carbocycles. The summed E-state index contributed by atoms with van der Waals surface area (Å²) in [6.45, 7) is 4.49. The van der Waals surface area contributed by atoms with Gasteiger partial charge in [0.05, 0.1) is 0 Å². The van der Waals surface area contributed by atoms with Crippen molar-refractivity contribution in [1.82, 2.24) is 0 Å². The Morgan fingerprint density at radius 1 is 1.06 bits per heavy atom. The van der Waals surface area contributed by atoms with E-state index in [9.17, 15) is 4.79 Å². The van der Waals surface area contributed by atoms with Gasteiger partial charge in [-0.25, -0.2) is 0 Å². The van der Waals surface area contributed by atoms with E-state index in [1.165, 1.54) is 11.1 Å². The predicted octanol–water partition coefficient (Wildman–Crippen LogP) is 3.80. The topological polar surface area (TPSA) is 17.1 Å². The molecular weight excluding hydrogens is 196 g/mol. The van der Waals surface area contributed by atoms with E-state index in [1.54, 1.807) is 0 Å². The van der Waals surface area contributed by atoms with Crippen LogP contribution in [0.5, 0.6) is 0 Å². The van der Waals surface area contributed by atoms with Crippen molar-refractivity contribution in [3.05, 3.63) is 35.4 Å². The van der Waals surface area contributed by atoms with Crippen LogP contribution in [0, 0.1) is 5.92 Å². The maximum atomic E-state index is 10.2. The molecule has 1 rings (SSSR count). The summed E-state index contributed by atoms with van der Waals surface area (Å²) in [7, 11) is 0. The number of hydrogen-bond acceptors (Lipinski definition) is 1. The average molecular weight is 218 g/mol. The van der Waals surface area contributed by atoms with Gasteiger partial charge in [0.15, 0.2) is 0 Å². The van der Waals surface area contributed by atoms with Gasteiger partial charge in [0.25, 0.3) is 0 Å². The van der Waals surface area contributed by atoms with Crippen LogP contribution in [-0.2, 0) is 17.6 Å². The molecule has 0 fully saturated rings. The molecule has 0 bridgehead atoms. The maximum absolute atomic E-state index is 10.2. The highest BCUT2D eigenvalue weighted by Gasteiger charge is 1.98. The Labute approximate surface area is 98.9 Å². The van der Waals surface area contributed by atoms with Crippen LogP contribution in [0.4, 0.5) is 0 Å². The number of hydrogen-bond donors (Lipinski definition) is 0. The molecule has 0 unspecified atom stereocenters. The summed E-state index contributed by atoms with van der Waals surface area (Å²) in [6.07, 6.45) is 6.08. The molecule has 0 amide bonds. The quantitative estimate of drug-likeness (QED) is 0.502. The largest absolute Gasteiger partial charge is 0.303 e. The van der Waals surface area contributed by atoms with E-state index in [0.717, 1.165) is 37.9 Å². The zero-order valence-electron chi connectivity index (χ0n) is 10.4. The monoisotopic (exact) mass is 218 g/mol. The minimum absolute atomic E-state index is 0.700. The first kappa shape index (κ1) is 13.0. The van der Waals surface area contributed by atoms with Gasteiger partial charge < -0.3 is 4.79 Å². The molecule has 1 nitrogen and oxygen atoms in total. The fraction of sp³-hybridized carbons (Fsp3) is 0.533. The lowest BCUT2D eigenvalue weighted by atomic mass is 10.00. The van der Waals surface area contributed by atoms with Gasteiger partial charge in [0, 0.05) is 6.42 Å². The molecule has 16 heavy (non-hydrogen) atoms. The third-order valence-electron chi connectivity index (χ3n) is 2.70. The first-order valence-corrected chi connectivity index (χ1v) is 6.24. The molecule has 0 N–H and O–H groups in total. The zero-order chi connectivity index (χ0) is 11.8. The minimum atomic E-state index is 0.700. The molecule has 0 radical (unpaired) electrons. The summed E-state index contributed by atoms with van der Waals surface area (Å²) < 4.78 is 0. The molecule has 0 saturated carbocycles. The normalized spacial score (nSPS) is 10.7. The first-order valence-electron chi connectivity index (χ1n) is 6.24. The number of carbonyl (C=O) groups excluding carboxylic acids is 1. The Kier molecular flexibility index (Phi) is 5.84. The lowest BCUT2D eigenvalue weighted by Gasteiger charge is -2.06. The van der Waals surface area contributed by atoms with Crippen LogP contribution in [0.1, 0.15) is 44.2 Å². The van der Waals surface area contributed by atoms with E-state index in [1.807, 2.05) is 0 Å². The molecule has 0 aliphatic rings. The fourth-order valence-electron chi connectivity index (χ4n) is 1.87. The predicted molar refractivity (Wildman–Crippen MR) is 68.6 cm³/mol. The summed E-state index contributed by atoms with van der Waals surface area (Å²) in [5.74, 6) is 0.721. The van der Waals surface area contributed by atoms with Crippen molar-refractivity contribution < 1.29 is 4.79 Å². The molecule has 0 saturated heterocycles. The van der Waals surface area contributed by atoms with Gasteiger partial charge in [-0.3, -0.25) is 0 Å². The van der Waals surface area contributed by atoms with Crippen molar-refractivity contribution in [1.29, 1.82) is 0 Å². The highest BCUT2D eigenvalue weighted by Crippen LogP contribution is 2.11. The van der Waals surface area contributed by atoms with Crippen LogP contribution in [0.2, 0.25) is 0 Å². The van der Waals surface area contributed by atoms with Crippen molar-refractivity contribution in [2.45, 2.75) is 46.0 Å². The Hall–Kier alpha value is -1.11. The first-order chi connectivity index (χ1) is 7.72. The van der Waals surface area contributed by atoms with Crippen molar-refractivity contribution in [2.24, 2.45) is 5.92 Å². The fourth-order valence-corrected chi connectivity index (χ4v) is 1.87. The molecule has 0 atom stereocenters. The van der Waals surface area contributed by atoms with E-state index >= 15 is 0 Å². The Morgan fingerprint density at radius 3 is 2.25 bits per heavy atom. The van der Waals surface area contributed by atoms with Crippen molar-refractivity contribution in [3.8, 4) is 0 Å². The number of benzene rings is 1. The Morgan fingerprint density at radius 2 is 1.69 bits per heavy atom. The van der Waals surface area contributed by atoms with Gasteiger partial charge in [-0.05, 0) is 42.7 Å². The van der Waals surface area contributed by atoms with Crippen LogP contribution in [-0.4, -0.2) is 6.29 Å². The van der Waals surface area contributed by atoms with Gasteiger partial charge >= 0.3 is 0 Å². The van der Waals surface area contributed by atoms with E-state index < -0.39 is 0 Å². The van der Waals surface area contributed by atoms with Gasteiger partial charge in [-0.15, -0.1) is 0 Å². The van der Waals surface area contributed by atoms with E-state index in [0.29, 0.717) is 6.42 Å². The second-order valence-corrected chi connectivity index (χ2v) is 4.83. The lowest BCUT2D eigenvalue weighted by molar-refractivity contribution is -0.107. The average Bonchev–Trinajstić information content (AvgIpc) is 2.26. The number of aldehydes is 1. The number of rotatable bonds is 7. The summed E-state index contributed by atoms with van der Waals surface area (Å²) in [4.78, 5) is 10.2. The van der Waals surface area contributed by atoms with Crippen LogP contribution in [0.3, 0.4) is 0 Å². The zero-order valence-corrected chi connectivity index (χ0v) is 10.4. The van der Waals surface area contributed by atoms with Gasteiger partial charge in [-0.2, -0.15) is 0 Å². The molecule has 0 heterocycles. The van der Waals surface area contributed by atoms with Gasteiger partial charge in [0.2, 0.25) is 0 Å².